The van der Waals surface area contributed by atoms with Gasteiger partial charge in [-0.3, -0.25) is 14.7 Å². The fourth-order valence-electron chi connectivity index (χ4n) is 3.73. The van der Waals surface area contributed by atoms with Gasteiger partial charge in [-0.25, -0.2) is 0 Å². The van der Waals surface area contributed by atoms with Gasteiger partial charge in [0.25, 0.3) is 5.56 Å². The van der Waals surface area contributed by atoms with Crippen LogP contribution in [0.5, 0.6) is 0 Å². The van der Waals surface area contributed by atoms with Gasteiger partial charge in [0.2, 0.25) is 5.91 Å². The first-order chi connectivity index (χ1) is 16.9. The summed E-state index contributed by atoms with van der Waals surface area (Å²) in [6, 6.07) is 16.2. The summed E-state index contributed by atoms with van der Waals surface area (Å²) in [5, 5.41) is 8.08. The van der Waals surface area contributed by atoms with Crippen LogP contribution in [-0.4, -0.2) is 39.0 Å². The number of hydrogen-bond acceptors (Lipinski definition) is 5. The number of H-pyrrole nitrogens is 1. The van der Waals surface area contributed by atoms with Crippen LogP contribution < -0.4 is 16.8 Å². The lowest BCUT2D eigenvalue weighted by atomic mass is 9.79. The van der Waals surface area contributed by atoms with Crippen molar-refractivity contribution in [2.75, 3.05) is 0 Å². The van der Waals surface area contributed by atoms with Crippen LogP contribution in [0, 0.1) is 0 Å². The lowest BCUT2D eigenvalue weighted by Crippen LogP contribution is -2.41. The van der Waals surface area contributed by atoms with Gasteiger partial charge in [-0.05, 0) is 78.9 Å². The van der Waals surface area contributed by atoms with E-state index in [1.165, 1.54) is 6.07 Å². The number of nitrogens with two attached hydrogens (primary N) is 1. The fourth-order valence-corrected chi connectivity index (χ4v) is 4.11. The topological polar surface area (TPSA) is 112 Å². The van der Waals surface area contributed by atoms with Crippen molar-refractivity contribution in [2.24, 2.45) is 5.73 Å². The summed E-state index contributed by atoms with van der Waals surface area (Å²) < 4.78 is 14.4. The van der Waals surface area contributed by atoms with Gasteiger partial charge in [0.1, 0.15) is 0 Å². The van der Waals surface area contributed by atoms with Crippen molar-refractivity contribution in [3.8, 4) is 0 Å². The molecule has 186 valence electrons. The Morgan fingerprint density at radius 3 is 2.50 bits per heavy atom. The zero-order valence-corrected chi connectivity index (χ0v) is 22.2. The van der Waals surface area contributed by atoms with E-state index in [2.05, 4.69) is 53.8 Å². The van der Waals surface area contributed by atoms with Crippen molar-refractivity contribution in [3.63, 3.8) is 0 Å². The first-order valence-corrected chi connectivity index (χ1v) is 12.3. The number of nitrogens with one attached hydrogen (secondary N) is 1. The predicted molar refractivity (Wildman–Crippen MR) is 144 cm³/mol. The number of carbonyl (C=O) groups is 1. The molecule has 4 aromatic rings. The highest BCUT2D eigenvalue weighted by Crippen LogP contribution is 2.36. The molecule has 1 saturated heterocycles. The van der Waals surface area contributed by atoms with E-state index in [1.54, 1.807) is 35.0 Å². The Bertz CT molecular complexity index is 1450. The Hall–Kier alpha value is -3.21. The monoisotopic (exact) mass is 550 g/mol. The molecular weight excluding hydrogens is 523 g/mol. The molecule has 2 aromatic heterocycles. The molecular formula is C26H28BBrN4O4. The number of halogens is 1. The number of rotatable bonds is 4. The molecule has 2 aromatic carbocycles. The lowest BCUT2D eigenvalue weighted by molar-refractivity contribution is 0.00578. The third kappa shape index (κ3) is 5.61. The van der Waals surface area contributed by atoms with Crippen LogP contribution in [0.2, 0.25) is 0 Å². The molecule has 8 nitrogen and oxygen atoms in total. The Morgan fingerprint density at radius 2 is 1.81 bits per heavy atom. The van der Waals surface area contributed by atoms with E-state index in [-0.39, 0.29) is 23.9 Å². The van der Waals surface area contributed by atoms with Crippen molar-refractivity contribution >= 4 is 45.3 Å². The van der Waals surface area contributed by atoms with Crippen molar-refractivity contribution in [1.29, 1.82) is 0 Å². The number of pyridine rings is 1. The van der Waals surface area contributed by atoms with E-state index < -0.39 is 5.91 Å². The fraction of sp³-hybridized carbons (Fsp3) is 0.269. The maximum absolute atomic E-state index is 11.6. The maximum Gasteiger partial charge on any atom is 0.494 e. The number of amides is 1. The van der Waals surface area contributed by atoms with Crippen molar-refractivity contribution in [1.82, 2.24) is 14.8 Å². The molecule has 1 fully saturated rings. The van der Waals surface area contributed by atoms with Crippen molar-refractivity contribution in [3.05, 3.63) is 92.9 Å². The van der Waals surface area contributed by atoms with Gasteiger partial charge in [0.05, 0.1) is 29.5 Å². The lowest BCUT2D eigenvalue weighted by Gasteiger charge is -2.32. The molecule has 0 spiro atoms. The van der Waals surface area contributed by atoms with E-state index in [0.29, 0.717) is 12.1 Å². The Kier molecular flexibility index (Phi) is 7.22. The number of benzene rings is 2. The standard InChI is InChI=1S/C13H17BN2O2.C13H11BrN2O2/c1-12(2)13(3,4)18-14(17-12)10-6-5-9-8-15-16-11(9)7-10;14-11-4-5-12(17)16(8-11)7-9-2-1-3-10(6-9)13(15)18/h5-8H,1-4H3,(H,15,16);1-6,8H,7H2,(H2,15,18). The van der Waals surface area contributed by atoms with Gasteiger partial charge in [-0.1, -0.05) is 24.3 Å². The molecule has 5 rings (SSSR count). The number of hydrogen-bond donors (Lipinski definition) is 2. The second kappa shape index (κ2) is 10.0. The second-order valence-corrected chi connectivity index (χ2v) is 10.6. The van der Waals surface area contributed by atoms with Gasteiger partial charge < -0.3 is 19.6 Å². The number of aromatic amines is 1. The van der Waals surface area contributed by atoms with Gasteiger partial charge in [0, 0.05) is 27.7 Å². The summed E-state index contributed by atoms with van der Waals surface area (Å²) in [6.45, 7) is 8.63. The molecule has 0 unspecified atom stereocenters. The van der Waals surface area contributed by atoms with Gasteiger partial charge in [0.15, 0.2) is 0 Å². The Labute approximate surface area is 218 Å². The number of primary amides is 1. The summed E-state index contributed by atoms with van der Waals surface area (Å²) in [5.41, 5.74) is 7.82. The van der Waals surface area contributed by atoms with Gasteiger partial charge in [-0.2, -0.15) is 5.10 Å². The largest absolute Gasteiger partial charge is 0.494 e. The number of nitrogens with zero attached hydrogens (tertiary/aromatic N) is 2. The molecule has 3 heterocycles. The van der Waals surface area contributed by atoms with E-state index in [9.17, 15) is 9.59 Å². The smallest absolute Gasteiger partial charge is 0.399 e. The molecule has 36 heavy (non-hydrogen) atoms. The van der Waals surface area contributed by atoms with Crippen LogP contribution in [0.3, 0.4) is 0 Å². The van der Waals surface area contributed by atoms with Crippen LogP contribution >= 0.6 is 15.9 Å². The summed E-state index contributed by atoms with van der Waals surface area (Å²) in [5.74, 6) is -0.474. The molecule has 10 heteroatoms. The molecule has 0 bridgehead atoms. The zero-order valence-electron chi connectivity index (χ0n) is 20.6. The summed E-state index contributed by atoms with van der Waals surface area (Å²) >= 11 is 3.31. The summed E-state index contributed by atoms with van der Waals surface area (Å²) in [4.78, 5) is 22.7. The molecule has 1 aliphatic rings. The Morgan fingerprint density at radius 1 is 1.08 bits per heavy atom. The first kappa shape index (κ1) is 25.9. The van der Waals surface area contributed by atoms with Crippen LogP contribution in [0.4, 0.5) is 0 Å². The number of aromatic nitrogens is 3. The van der Waals surface area contributed by atoms with E-state index in [0.717, 1.165) is 26.4 Å². The minimum absolute atomic E-state index is 0.0947. The van der Waals surface area contributed by atoms with Crippen molar-refractivity contribution < 1.29 is 14.1 Å². The summed E-state index contributed by atoms with van der Waals surface area (Å²) in [6.07, 6.45) is 3.52. The number of fused-ring (bicyclic) bond motifs is 1. The summed E-state index contributed by atoms with van der Waals surface area (Å²) in [7, 11) is -0.317. The molecule has 0 saturated carbocycles. The zero-order chi connectivity index (χ0) is 26.1. The average Bonchev–Trinajstić information content (AvgIpc) is 3.37. The average molecular weight is 551 g/mol. The predicted octanol–water partition coefficient (Wildman–Crippen LogP) is 3.62. The van der Waals surface area contributed by atoms with E-state index in [4.69, 9.17) is 15.0 Å². The van der Waals surface area contributed by atoms with E-state index >= 15 is 0 Å². The quantitative estimate of drug-likeness (QED) is 0.377. The van der Waals surface area contributed by atoms with Crippen LogP contribution in [0.25, 0.3) is 10.9 Å². The van der Waals surface area contributed by atoms with Crippen LogP contribution in [-0.2, 0) is 15.9 Å². The normalized spacial score (nSPS) is 16.0. The molecule has 0 radical (unpaired) electrons. The molecule has 0 aliphatic carbocycles. The van der Waals surface area contributed by atoms with E-state index in [1.807, 2.05) is 30.5 Å². The highest BCUT2D eigenvalue weighted by Gasteiger charge is 2.51. The molecule has 3 N–H and O–H groups in total. The van der Waals surface area contributed by atoms with Crippen LogP contribution in [0.1, 0.15) is 43.6 Å². The molecule has 0 atom stereocenters. The van der Waals surface area contributed by atoms with Gasteiger partial charge in [-0.15, -0.1) is 0 Å². The minimum Gasteiger partial charge on any atom is -0.399 e. The number of carbonyl (C=O) groups excluding carboxylic acids is 1. The highest BCUT2D eigenvalue weighted by molar-refractivity contribution is 9.10. The second-order valence-electron chi connectivity index (χ2n) is 9.68. The molecule has 1 aliphatic heterocycles. The third-order valence-electron chi connectivity index (χ3n) is 6.50. The SMILES string of the molecule is CC1(C)OB(c2ccc3cn[nH]c3c2)OC1(C)C.NC(=O)c1cccc(Cn2cc(Br)ccc2=O)c1. The third-order valence-corrected chi connectivity index (χ3v) is 6.97. The highest BCUT2D eigenvalue weighted by atomic mass is 79.9. The maximum atomic E-state index is 11.6. The Balaban J connectivity index is 0.000000169. The minimum atomic E-state index is -0.474. The van der Waals surface area contributed by atoms with Gasteiger partial charge >= 0.3 is 7.12 Å². The van der Waals surface area contributed by atoms with Crippen molar-refractivity contribution in [2.45, 2.75) is 45.4 Å². The first-order valence-electron chi connectivity index (χ1n) is 11.5. The van der Waals surface area contributed by atoms with Crippen LogP contribution in [0.15, 0.2) is 76.3 Å². The molecule has 1 amide bonds.